The minimum Gasteiger partial charge on any atom is -0.356 e. The van der Waals surface area contributed by atoms with Gasteiger partial charge in [0.2, 0.25) is 11.8 Å². The molecule has 2 aromatic carbocycles. The smallest absolute Gasteiger partial charge is 0.227 e. The Morgan fingerprint density at radius 1 is 1.15 bits per heavy atom. The van der Waals surface area contributed by atoms with Crippen LogP contribution in [-0.4, -0.2) is 23.5 Å². The Hall–Kier alpha value is -3.15. The van der Waals surface area contributed by atoms with Crippen molar-refractivity contribution in [1.82, 2.24) is 10.5 Å². The maximum absolute atomic E-state index is 12.2. The number of hydrogen-bond donors (Lipinski definition) is 1. The summed E-state index contributed by atoms with van der Waals surface area (Å²) in [5, 5.41) is 7.74. The zero-order valence-corrected chi connectivity index (χ0v) is 14.3. The van der Waals surface area contributed by atoms with Gasteiger partial charge in [0.15, 0.2) is 5.58 Å². The number of nitrogens with one attached hydrogen (secondary N) is 1. The van der Waals surface area contributed by atoms with Crippen molar-refractivity contribution in [3.05, 3.63) is 59.8 Å². The predicted octanol–water partition coefficient (Wildman–Crippen LogP) is 2.81. The monoisotopic (exact) mass is 349 g/mol. The summed E-state index contributed by atoms with van der Waals surface area (Å²) in [6, 6.07) is 15.2. The lowest BCUT2D eigenvalue weighted by Gasteiger charge is -2.16. The highest BCUT2D eigenvalue weighted by Crippen LogP contribution is 2.21. The number of hydrogen-bond acceptors (Lipinski definition) is 4. The molecule has 132 valence electrons. The second kappa shape index (κ2) is 7.00. The number of nitrogens with zero attached hydrogens (tertiary/aromatic N) is 2. The lowest BCUT2D eigenvalue weighted by Crippen LogP contribution is -2.25. The molecule has 0 atom stereocenters. The molecule has 1 N–H and O–H groups in total. The molecule has 0 saturated carbocycles. The molecule has 1 fully saturated rings. The Morgan fingerprint density at radius 3 is 2.73 bits per heavy atom. The summed E-state index contributed by atoms with van der Waals surface area (Å²) >= 11 is 0. The molecule has 3 aromatic rings. The second-order valence-corrected chi connectivity index (χ2v) is 6.39. The van der Waals surface area contributed by atoms with E-state index < -0.39 is 0 Å². The van der Waals surface area contributed by atoms with Gasteiger partial charge in [-0.2, -0.15) is 0 Å². The van der Waals surface area contributed by atoms with Gasteiger partial charge in [-0.25, -0.2) is 0 Å². The van der Waals surface area contributed by atoms with Gasteiger partial charge in [0.1, 0.15) is 5.69 Å². The van der Waals surface area contributed by atoms with Crippen LogP contribution in [0, 0.1) is 0 Å². The first-order chi connectivity index (χ1) is 12.7. The second-order valence-electron chi connectivity index (χ2n) is 6.39. The summed E-state index contributed by atoms with van der Waals surface area (Å²) in [5.74, 6) is 0.0636. The number of aromatic nitrogens is 1. The lowest BCUT2D eigenvalue weighted by molar-refractivity contribution is -0.120. The fourth-order valence-corrected chi connectivity index (χ4v) is 3.20. The van der Waals surface area contributed by atoms with Gasteiger partial charge < -0.3 is 14.7 Å². The van der Waals surface area contributed by atoms with Crippen molar-refractivity contribution in [2.45, 2.75) is 25.8 Å². The Kier molecular flexibility index (Phi) is 4.39. The summed E-state index contributed by atoms with van der Waals surface area (Å²) in [6.45, 7) is 1.21. The van der Waals surface area contributed by atoms with Crippen LogP contribution in [0.15, 0.2) is 53.1 Å². The van der Waals surface area contributed by atoms with Crippen LogP contribution in [0.3, 0.4) is 0 Å². The molecular formula is C20H19N3O3. The van der Waals surface area contributed by atoms with E-state index in [1.807, 2.05) is 48.5 Å². The van der Waals surface area contributed by atoms with Crippen molar-refractivity contribution in [2.75, 3.05) is 11.4 Å². The lowest BCUT2D eigenvalue weighted by atomic mass is 10.1. The predicted molar refractivity (Wildman–Crippen MR) is 97.6 cm³/mol. The molecule has 2 amide bonds. The SMILES string of the molecule is O=C(Cc1noc2ccccc12)NCc1ccc(N2CCCC2=O)cc1. The van der Waals surface area contributed by atoms with E-state index in [4.69, 9.17) is 4.52 Å². The number of amides is 2. The Balaban J connectivity index is 1.35. The van der Waals surface area contributed by atoms with Crippen LogP contribution in [0.2, 0.25) is 0 Å². The quantitative estimate of drug-likeness (QED) is 0.768. The van der Waals surface area contributed by atoms with Gasteiger partial charge in [0, 0.05) is 30.6 Å². The maximum Gasteiger partial charge on any atom is 0.227 e. The molecular weight excluding hydrogens is 330 g/mol. The van der Waals surface area contributed by atoms with Crippen molar-refractivity contribution in [3.8, 4) is 0 Å². The molecule has 4 rings (SSSR count). The third-order valence-electron chi connectivity index (χ3n) is 4.59. The van der Waals surface area contributed by atoms with Gasteiger partial charge in [0.05, 0.1) is 6.42 Å². The van der Waals surface area contributed by atoms with Gasteiger partial charge in [-0.3, -0.25) is 9.59 Å². The summed E-state index contributed by atoms with van der Waals surface area (Å²) in [7, 11) is 0. The summed E-state index contributed by atoms with van der Waals surface area (Å²) in [5.41, 5.74) is 3.22. The summed E-state index contributed by atoms with van der Waals surface area (Å²) < 4.78 is 5.22. The molecule has 6 heteroatoms. The van der Waals surface area contributed by atoms with Crippen molar-refractivity contribution < 1.29 is 14.1 Å². The number of fused-ring (bicyclic) bond motifs is 1. The van der Waals surface area contributed by atoms with E-state index in [-0.39, 0.29) is 18.2 Å². The van der Waals surface area contributed by atoms with Crippen molar-refractivity contribution in [2.24, 2.45) is 0 Å². The topological polar surface area (TPSA) is 75.4 Å². The number of rotatable bonds is 5. The Labute approximate surface area is 150 Å². The fraction of sp³-hybridized carbons (Fsp3) is 0.250. The van der Waals surface area contributed by atoms with Gasteiger partial charge >= 0.3 is 0 Å². The highest BCUT2D eigenvalue weighted by molar-refractivity contribution is 5.95. The number of anilines is 1. The fourth-order valence-electron chi connectivity index (χ4n) is 3.20. The molecule has 0 radical (unpaired) electrons. The molecule has 1 aromatic heterocycles. The summed E-state index contributed by atoms with van der Waals surface area (Å²) in [4.78, 5) is 25.8. The minimum absolute atomic E-state index is 0.108. The highest BCUT2D eigenvalue weighted by atomic mass is 16.5. The standard InChI is InChI=1S/C20H19N3O3/c24-19(12-17-16-4-1-2-5-18(16)26-22-17)21-13-14-7-9-15(10-8-14)23-11-3-6-20(23)25/h1-2,4-5,7-10H,3,6,11-13H2,(H,21,24). The van der Waals surface area contributed by atoms with Crippen molar-refractivity contribution >= 4 is 28.5 Å². The van der Waals surface area contributed by atoms with Gasteiger partial charge in [-0.1, -0.05) is 29.4 Å². The average Bonchev–Trinajstić information content (AvgIpc) is 3.27. The van der Waals surface area contributed by atoms with Gasteiger partial charge in [0.25, 0.3) is 0 Å². The van der Waals surface area contributed by atoms with E-state index in [0.29, 0.717) is 24.2 Å². The first-order valence-corrected chi connectivity index (χ1v) is 8.70. The molecule has 0 bridgehead atoms. The van der Waals surface area contributed by atoms with Crippen LogP contribution < -0.4 is 10.2 Å². The van der Waals surface area contributed by atoms with E-state index in [0.717, 1.165) is 29.6 Å². The van der Waals surface area contributed by atoms with Crippen LogP contribution in [0.1, 0.15) is 24.1 Å². The largest absolute Gasteiger partial charge is 0.356 e. The number of carbonyl (C=O) groups excluding carboxylic acids is 2. The van der Waals surface area contributed by atoms with E-state index in [2.05, 4.69) is 10.5 Å². The zero-order chi connectivity index (χ0) is 17.9. The molecule has 1 aliphatic rings. The maximum atomic E-state index is 12.2. The molecule has 2 heterocycles. The van der Waals surface area contributed by atoms with Crippen LogP contribution in [-0.2, 0) is 22.6 Å². The van der Waals surface area contributed by atoms with Crippen molar-refractivity contribution in [1.29, 1.82) is 0 Å². The van der Waals surface area contributed by atoms with Crippen molar-refractivity contribution in [3.63, 3.8) is 0 Å². The number of carbonyl (C=O) groups is 2. The Bertz CT molecular complexity index is 946. The van der Waals surface area contributed by atoms with Crippen LogP contribution in [0.5, 0.6) is 0 Å². The van der Waals surface area contributed by atoms with E-state index >= 15 is 0 Å². The molecule has 0 unspecified atom stereocenters. The van der Waals surface area contributed by atoms with Crippen LogP contribution in [0.4, 0.5) is 5.69 Å². The number of benzene rings is 2. The van der Waals surface area contributed by atoms with Gasteiger partial charge in [-0.05, 0) is 36.2 Å². The van der Waals surface area contributed by atoms with Crippen LogP contribution >= 0.6 is 0 Å². The molecule has 6 nitrogen and oxygen atoms in total. The summed E-state index contributed by atoms with van der Waals surface area (Å²) in [6.07, 6.45) is 1.71. The third-order valence-corrected chi connectivity index (χ3v) is 4.59. The van der Waals surface area contributed by atoms with E-state index in [1.54, 1.807) is 4.90 Å². The first-order valence-electron chi connectivity index (χ1n) is 8.70. The minimum atomic E-state index is -0.108. The highest BCUT2D eigenvalue weighted by Gasteiger charge is 2.21. The van der Waals surface area contributed by atoms with Gasteiger partial charge in [-0.15, -0.1) is 0 Å². The van der Waals surface area contributed by atoms with Crippen LogP contribution in [0.25, 0.3) is 11.0 Å². The van der Waals surface area contributed by atoms with E-state index in [1.165, 1.54) is 0 Å². The Morgan fingerprint density at radius 2 is 1.96 bits per heavy atom. The zero-order valence-electron chi connectivity index (χ0n) is 14.3. The molecule has 26 heavy (non-hydrogen) atoms. The average molecular weight is 349 g/mol. The normalized spacial score (nSPS) is 14.2. The first kappa shape index (κ1) is 16.3. The van der Waals surface area contributed by atoms with E-state index in [9.17, 15) is 9.59 Å². The number of para-hydroxylation sites is 1. The molecule has 1 aliphatic heterocycles. The molecule has 0 aliphatic carbocycles. The third kappa shape index (κ3) is 3.31. The molecule has 1 saturated heterocycles. The molecule has 0 spiro atoms.